The van der Waals surface area contributed by atoms with Crippen LogP contribution in [0.4, 0.5) is 0 Å². The van der Waals surface area contributed by atoms with Gasteiger partial charge in [0.05, 0.1) is 27.9 Å². The summed E-state index contributed by atoms with van der Waals surface area (Å²) >= 11 is 1.55. The van der Waals surface area contributed by atoms with Crippen molar-refractivity contribution in [2.24, 2.45) is 0 Å². The van der Waals surface area contributed by atoms with Gasteiger partial charge in [0.1, 0.15) is 0 Å². The minimum Gasteiger partial charge on any atom is -0.376 e. The Morgan fingerprint density at radius 1 is 1.58 bits per heavy atom. The third kappa shape index (κ3) is 2.62. The van der Waals surface area contributed by atoms with Gasteiger partial charge in [-0.2, -0.15) is 0 Å². The maximum atomic E-state index is 12.2. The van der Waals surface area contributed by atoms with Crippen LogP contribution >= 0.6 is 11.3 Å². The molecular formula is C14H16N2O2S. The third-order valence-corrected chi connectivity index (χ3v) is 4.27. The highest BCUT2D eigenvalue weighted by molar-refractivity contribution is 7.16. The molecule has 2 aromatic rings. The van der Waals surface area contributed by atoms with Crippen LogP contribution < -0.4 is 5.32 Å². The lowest BCUT2D eigenvalue weighted by Crippen LogP contribution is -2.40. The molecule has 3 rings (SSSR count). The van der Waals surface area contributed by atoms with Gasteiger partial charge in [0.25, 0.3) is 5.91 Å². The van der Waals surface area contributed by atoms with Gasteiger partial charge in [-0.25, -0.2) is 4.98 Å². The third-order valence-electron chi connectivity index (χ3n) is 3.47. The Bertz CT molecular complexity index is 590. The molecule has 0 saturated carbocycles. The average molecular weight is 276 g/mol. The fraction of sp³-hybridized carbons (Fsp3) is 0.429. The van der Waals surface area contributed by atoms with E-state index in [2.05, 4.69) is 10.3 Å². The highest BCUT2D eigenvalue weighted by Crippen LogP contribution is 2.20. The van der Waals surface area contributed by atoms with Crippen LogP contribution in [0.1, 0.15) is 30.1 Å². The largest absolute Gasteiger partial charge is 0.376 e. The zero-order chi connectivity index (χ0) is 13.2. The Kier molecular flexibility index (Phi) is 3.48. The number of benzene rings is 1. The number of hydrogen-bond acceptors (Lipinski definition) is 4. The molecule has 1 fully saturated rings. The van der Waals surface area contributed by atoms with E-state index < -0.39 is 0 Å². The molecule has 1 aromatic carbocycles. The Labute approximate surface area is 115 Å². The van der Waals surface area contributed by atoms with E-state index in [0.29, 0.717) is 5.56 Å². The summed E-state index contributed by atoms with van der Waals surface area (Å²) < 4.78 is 6.63. The van der Waals surface area contributed by atoms with E-state index in [0.717, 1.165) is 29.7 Å². The van der Waals surface area contributed by atoms with E-state index in [4.69, 9.17) is 4.74 Å². The predicted octanol–water partition coefficient (Wildman–Crippen LogP) is 2.59. The molecule has 1 aliphatic rings. The SMILES string of the molecule is C[C@@H](NC(=O)c1ccc2ncsc2c1)[C@H]1CCCO1. The number of nitrogens with one attached hydrogen (secondary N) is 1. The standard InChI is InChI=1S/C14H16N2O2S/c1-9(12-3-2-6-18-12)16-14(17)10-4-5-11-13(7-10)19-8-15-11/h4-5,7-9,12H,2-3,6H2,1H3,(H,16,17)/t9-,12-/m1/s1. The smallest absolute Gasteiger partial charge is 0.251 e. The molecule has 19 heavy (non-hydrogen) atoms. The molecule has 4 nitrogen and oxygen atoms in total. The zero-order valence-electron chi connectivity index (χ0n) is 10.8. The first-order chi connectivity index (χ1) is 9.24. The molecule has 0 radical (unpaired) electrons. The molecule has 5 heteroatoms. The second kappa shape index (κ2) is 5.27. The number of thiazole rings is 1. The van der Waals surface area contributed by atoms with Gasteiger partial charge in [-0.3, -0.25) is 4.79 Å². The number of carbonyl (C=O) groups is 1. The minimum atomic E-state index is -0.0432. The van der Waals surface area contributed by atoms with E-state index in [1.807, 2.05) is 25.1 Å². The van der Waals surface area contributed by atoms with Crippen molar-refractivity contribution in [3.8, 4) is 0 Å². The summed E-state index contributed by atoms with van der Waals surface area (Å²) in [5, 5.41) is 3.02. The molecule has 0 unspecified atom stereocenters. The van der Waals surface area contributed by atoms with Gasteiger partial charge in [0.2, 0.25) is 0 Å². The van der Waals surface area contributed by atoms with Gasteiger partial charge in [-0.1, -0.05) is 0 Å². The summed E-state index contributed by atoms with van der Waals surface area (Å²) in [7, 11) is 0. The molecule has 0 spiro atoms. The van der Waals surface area contributed by atoms with Crippen molar-refractivity contribution in [3.63, 3.8) is 0 Å². The molecule has 2 heterocycles. The van der Waals surface area contributed by atoms with Crippen molar-refractivity contribution in [2.75, 3.05) is 6.61 Å². The van der Waals surface area contributed by atoms with Gasteiger partial charge in [0.15, 0.2) is 0 Å². The summed E-state index contributed by atoms with van der Waals surface area (Å²) in [4.78, 5) is 16.4. The van der Waals surface area contributed by atoms with Crippen molar-refractivity contribution >= 4 is 27.5 Å². The maximum absolute atomic E-state index is 12.2. The molecule has 1 aromatic heterocycles. The van der Waals surface area contributed by atoms with Gasteiger partial charge < -0.3 is 10.1 Å². The normalized spacial score (nSPS) is 20.6. The second-order valence-corrected chi connectivity index (χ2v) is 5.73. The monoisotopic (exact) mass is 276 g/mol. The van der Waals surface area contributed by atoms with Crippen LogP contribution in [0.5, 0.6) is 0 Å². The molecular weight excluding hydrogens is 260 g/mol. The lowest BCUT2D eigenvalue weighted by atomic mass is 10.1. The molecule has 0 aliphatic carbocycles. The highest BCUT2D eigenvalue weighted by Gasteiger charge is 2.24. The van der Waals surface area contributed by atoms with Crippen molar-refractivity contribution in [1.82, 2.24) is 10.3 Å². The van der Waals surface area contributed by atoms with Crippen LogP contribution in [0.3, 0.4) is 0 Å². The topological polar surface area (TPSA) is 51.2 Å². The first-order valence-electron chi connectivity index (χ1n) is 6.50. The van der Waals surface area contributed by atoms with Gasteiger partial charge in [-0.15, -0.1) is 11.3 Å². The Morgan fingerprint density at radius 2 is 2.47 bits per heavy atom. The molecule has 1 aliphatic heterocycles. The predicted molar refractivity (Wildman–Crippen MR) is 75.5 cm³/mol. The summed E-state index contributed by atoms with van der Waals surface area (Å²) in [6, 6.07) is 5.65. The van der Waals surface area contributed by atoms with Crippen LogP contribution in [0, 0.1) is 0 Å². The fourth-order valence-electron chi connectivity index (χ4n) is 2.38. The van der Waals surface area contributed by atoms with E-state index in [-0.39, 0.29) is 18.1 Å². The Hall–Kier alpha value is -1.46. The van der Waals surface area contributed by atoms with E-state index in [1.54, 1.807) is 16.8 Å². The van der Waals surface area contributed by atoms with Crippen LogP contribution in [0.15, 0.2) is 23.7 Å². The molecule has 1 amide bonds. The first kappa shape index (κ1) is 12.6. The van der Waals surface area contributed by atoms with Gasteiger partial charge in [-0.05, 0) is 38.0 Å². The number of ether oxygens (including phenoxy) is 1. The summed E-state index contributed by atoms with van der Waals surface area (Å²) in [6.45, 7) is 2.80. The number of hydrogen-bond donors (Lipinski definition) is 1. The van der Waals surface area contributed by atoms with Crippen molar-refractivity contribution in [2.45, 2.75) is 31.9 Å². The minimum absolute atomic E-state index is 0.0432. The van der Waals surface area contributed by atoms with Crippen LogP contribution in [0.25, 0.3) is 10.2 Å². The van der Waals surface area contributed by atoms with E-state index in [1.165, 1.54) is 0 Å². The fourth-order valence-corrected chi connectivity index (χ4v) is 3.09. The molecule has 100 valence electrons. The quantitative estimate of drug-likeness (QED) is 0.937. The van der Waals surface area contributed by atoms with Gasteiger partial charge >= 0.3 is 0 Å². The lowest BCUT2D eigenvalue weighted by molar-refractivity contribution is 0.0712. The number of carbonyl (C=O) groups excluding carboxylic acids is 1. The first-order valence-corrected chi connectivity index (χ1v) is 7.38. The maximum Gasteiger partial charge on any atom is 0.251 e. The van der Waals surface area contributed by atoms with Crippen LogP contribution in [-0.4, -0.2) is 29.6 Å². The average Bonchev–Trinajstić information content (AvgIpc) is 3.09. The zero-order valence-corrected chi connectivity index (χ0v) is 11.6. The highest BCUT2D eigenvalue weighted by atomic mass is 32.1. The number of fused-ring (bicyclic) bond motifs is 1. The second-order valence-electron chi connectivity index (χ2n) is 4.85. The van der Waals surface area contributed by atoms with Crippen LogP contribution in [-0.2, 0) is 4.74 Å². The van der Waals surface area contributed by atoms with Crippen molar-refractivity contribution in [1.29, 1.82) is 0 Å². The Morgan fingerprint density at radius 3 is 3.26 bits per heavy atom. The number of rotatable bonds is 3. The molecule has 1 N–H and O–H groups in total. The number of amides is 1. The summed E-state index contributed by atoms with van der Waals surface area (Å²) in [5.41, 5.74) is 3.41. The van der Waals surface area contributed by atoms with Crippen molar-refractivity contribution in [3.05, 3.63) is 29.3 Å². The molecule has 0 bridgehead atoms. The summed E-state index contributed by atoms with van der Waals surface area (Å²) in [6.07, 6.45) is 2.25. The number of nitrogens with zero attached hydrogens (tertiary/aromatic N) is 1. The molecule has 2 atom stereocenters. The number of aromatic nitrogens is 1. The van der Waals surface area contributed by atoms with Gasteiger partial charge in [0, 0.05) is 12.2 Å². The van der Waals surface area contributed by atoms with Crippen molar-refractivity contribution < 1.29 is 9.53 Å². The molecule has 1 saturated heterocycles. The van der Waals surface area contributed by atoms with E-state index >= 15 is 0 Å². The van der Waals surface area contributed by atoms with Crippen LogP contribution in [0.2, 0.25) is 0 Å². The lowest BCUT2D eigenvalue weighted by Gasteiger charge is -2.19. The van der Waals surface area contributed by atoms with E-state index in [9.17, 15) is 4.79 Å². The summed E-state index contributed by atoms with van der Waals surface area (Å²) in [5.74, 6) is -0.0432. The Balaban J connectivity index is 1.71.